The van der Waals surface area contributed by atoms with Crippen molar-refractivity contribution in [3.8, 4) is 0 Å². The number of carbonyl (C=O) groups excluding carboxylic acids is 2. The summed E-state index contributed by atoms with van der Waals surface area (Å²) in [5.41, 5.74) is 1.50. The zero-order valence-electron chi connectivity index (χ0n) is 14.9. The van der Waals surface area contributed by atoms with Gasteiger partial charge in [-0.1, -0.05) is 18.2 Å². The van der Waals surface area contributed by atoms with E-state index in [4.69, 9.17) is 0 Å². The van der Waals surface area contributed by atoms with E-state index in [1.54, 1.807) is 22.3 Å². The summed E-state index contributed by atoms with van der Waals surface area (Å²) in [6, 6.07) is 11.3. The van der Waals surface area contributed by atoms with Crippen LogP contribution in [0.25, 0.3) is 0 Å². The average molecular weight is 359 g/mol. The first-order chi connectivity index (χ1) is 12.0. The summed E-state index contributed by atoms with van der Waals surface area (Å²) in [5.74, 6) is -0.101. The minimum Gasteiger partial charge on any atom is -0.350 e. The molecule has 0 saturated carbocycles. The smallest absolute Gasteiger partial charge is 0.317 e. The summed E-state index contributed by atoms with van der Waals surface area (Å²) < 4.78 is 0. The third kappa shape index (κ3) is 5.90. The lowest BCUT2D eigenvalue weighted by Crippen LogP contribution is -2.38. The number of thiophene rings is 1. The molecule has 2 rings (SSSR count). The number of hydrogen-bond acceptors (Lipinski definition) is 3. The standard InChI is InChI=1S/C19H25N3O2S/c1-4-22(13-17-9-6-10-25-17)19(24)20-12-15-7-5-8-16(11-15)18(23)21-14(2)3/h5-11,14H,4,12-13H2,1-3H3,(H,20,24)(H,21,23). The Morgan fingerprint density at radius 1 is 1.20 bits per heavy atom. The summed E-state index contributed by atoms with van der Waals surface area (Å²) in [6.07, 6.45) is 0. The maximum atomic E-state index is 12.4. The van der Waals surface area contributed by atoms with Crippen molar-refractivity contribution in [2.45, 2.75) is 39.9 Å². The van der Waals surface area contributed by atoms with Gasteiger partial charge in [0.1, 0.15) is 0 Å². The summed E-state index contributed by atoms with van der Waals surface area (Å²) >= 11 is 1.64. The second-order valence-corrected chi connectivity index (χ2v) is 7.11. The van der Waals surface area contributed by atoms with Crippen LogP contribution in [0.2, 0.25) is 0 Å². The molecule has 25 heavy (non-hydrogen) atoms. The van der Waals surface area contributed by atoms with Gasteiger partial charge in [0.15, 0.2) is 0 Å². The zero-order chi connectivity index (χ0) is 18.2. The Bertz CT molecular complexity index is 698. The molecule has 6 heteroatoms. The van der Waals surface area contributed by atoms with Gasteiger partial charge < -0.3 is 15.5 Å². The second-order valence-electron chi connectivity index (χ2n) is 6.08. The molecule has 0 aliphatic rings. The second kappa shape index (κ2) is 9.22. The van der Waals surface area contributed by atoms with Crippen molar-refractivity contribution in [3.05, 3.63) is 57.8 Å². The Morgan fingerprint density at radius 2 is 2.00 bits per heavy atom. The molecule has 2 N–H and O–H groups in total. The van der Waals surface area contributed by atoms with Crippen LogP contribution >= 0.6 is 11.3 Å². The molecule has 0 aliphatic heterocycles. The molecule has 0 aliphatic carbocycles. The maximum Gasteiger partial charge on any atom is 0.317 e. The van der Waals surface area contributed by atoms with Crippen LogP contribution in [0.15, 0.2) is 41.8 Å². The van der Waals surface area contributed by atoms with Crippen molar-refractivity contribution < 1.29 is 9.59 Å². The van der Waals surface area contributed by atoms with Gasteiger partial charge in [0.2, 0.25) is 0 Å². The molecule has 3 amide bonds. The van der Waals surface area contributed by atoms with Gasteiger partial charge in [0.05, 0.1) is 6.54 Å². The third-order valence-corrected chi connectivity index (χ3v) is 4.51. The molecule has 1 heterocycles. The SMILES string of the molecule is CCN(Cc1cccs1)C(=O)NCc1cccc(C(=O)NC(C)C)c1. The van der Waals surface area contributed by atoms with E-state index >= 15 is 0 Å². The van der Waals surface area contributed by atoms with Crippen molar-refractivity contribution in [3.63, 3.8) is 0 Å². The lowest BCUT2D eigenvalue weighted by molar-refractivity contribution is 0.0943. The highest BCUT2D eigenvalue weighted by Gasteiger charge is 2.13. The molecule has 0 bridgehead atoms. The number of rotatable bonds is 7. The number of benzene rings is 1. The molecular formula is C19H25N3O2S. The van der Waals surface area contributed by atoms with Gasteiger partial charge in [0, 0.05) is 29.6 Å². The van der Waals surface area contributed by atoms with E-state index in [-0.39, 0.29) is 18.0 Å². The largest absolute Gasteiger partial charge is 0.350 e. The Labute approximate surface area is 153 Å². The molecule has 1 aromatic carbocycles. The maximum absolute atomic E-state index is 12.4. The Hall–Kier alpha value is -2.34. The molecular weight excluding hydrogens is 334 g/mol. The normalized spacial score (nSPS) is 10.6. The van der Waals surface area contributed by atoms with E-state index in [2.05, 4.69) is 10.6 Å². The van der Waals surface area contributed by atoms with Crippen molar-refractivity contribution in [1.82, 2.24) is 15.5 Å². The van der Waals surface area contributed by atoms with Gasteiger partial charge in [0.25, 0.3) is 5.91 Å². The van der Waals surface area contributed by atoms with Gasteiger partial charge >= 0.3 is 6.03 Å². The van der Waals surface area contributed by atoms with Gasteiger partial charge in [-0.3, -0.25) is 4.79 Å². The van der Waals surface area contributed by atoms with E-state index in [1.165, 1.54) is 0 Å². The van der Waals surface area contributed by atoms with Crippen LogP contribution in [0.5, 0.6) is 0 Å². The van der Waals surface area contributed by atoms with Crippen LogP contribution < -0.4 is 10.6 Å². The highest BCUT2D eigenvalue weighted by atomic mass is 32.1. The summed E-state index contributed by atoms with van der Waals surface area (Å²) in [5, 5.41) is 7.81. The van der Waals surface area contributed by atoms with Gasteiger partial charge in [-0.15, -0.1) is 11.3 Å². The van der Waals surface area contributed by atoms with E-state index in [1.807, 2.05) is 56.5 Å². The highest BCUT2D eigenvalue weighted by molar-refractivity contribution is 7.09. The van der Waals surface area contributed by atoms with Crippen LogP contribution in [0, 0.1) is 0 Å². The lowest BCUT2D eigenvalue weighted by Gasteiger charge is -2.20. The fourth-order valence-corrected chi connectivity index (χ4v) is 3.09. The summed E-state index contributed by atoms with van der Waals surface area (Å²) in [6.45, 7) is 7.45. The van der Waals surface area contributed by atoms with Crippen LogP contribution in [0.1, 0.15) is 41.6 Å². The van der Waals surface area contributed by atoms with Gasteiger partial charge in [-0.05, 0) is 49.9 Å². The number of nitrogens with zero attached hydrogens (tertiary/aromatic N) is 1. The van der Waals surface area contributed by atoms with Gasteiger partial charge in [-0.25, -0.2) is 4.79 Å². The van der Waals surface area contributed by atoms with Crippen molar-refractivity contribution in [1.29, 1.82) is 0 Å². The quantitative estimate of drug-likeness (QED) is 0.793. The first kappa shape index (κ1) is 19.0. The minimum absolute atomic E-state index is 0.0891. The van der Waals surface area contributed by atoms with Crippen LogP contribution in [0.4, 0.5) is 4.79 Å². The third-order valence-electron chi connectivity index (χ3n) is 3.65. The number of urea groups is 1. The Balaban J connectivity index is 1.93. The summed E-state index contributed by atoms with van der Waals surface area (Å²) in [4.78, 5) is 27.4. The fourth-order valence-electron chi connectivity index (χ4n) is 2.38. The monoisotopic (exact) mass is 359 g/mol. The molecule has 0 atom stereocenters. The molecule has 5 nitrogen and oxygen atoms in total. The average Bonchev–Trinajstić information content (AvgIpc) is 3.10. The van der Waals surface area contributed by atoms with Crippen molar-refractivity contribution in [2.24, 2.45) is 0 Å². The Morgan fingerprint density at radius 3 is 2.64 bits per heavy atom. The number of hydrogen-bond donors (Lipinski definition) is 2. The lowest BCUT2D eigenvalue weighted by atomic mass is 10.1. The van der Waals surface area contributed by atoms with Crippen molar-refractivity contribution in [2.75, 3.05) is 6.54 Å². The minimum atomic E-state index is -0.104. The molecule has 0 radical (unpaired) electrons. The van der Waals surface area contributed by atoms with Crippen molar-refractivity contribution >= 4 is 23.3 Å². The number of nitrogens with one attached hydrogen (secondary N) is 2. The molecule has 1 aromatic heterocycles. The predicted molar refractivity (Wildman–Crippen MR) is 102 cm³/mol. The number of carbonyl (C=O) groups is 2. The molecule has 0 fully saturated rings. The van der Waals surface area contributed by atoms with E-state index in [0.717, 1.165) is 10.4 Å². The van der Waals surface area contributed by atoms with Crippen LogP contribution in [-0.2, 0) is 13.1 Å². The van der Waals surface area contributed by atoms with Crippen LogP contribution in [0.3, 0.4) is 0 Å². The van der Waals surface area contributed by atoms with Gasteiger partial charge in [-0.2, -0.15) is 0 Å². The zero-order valence-corrected chi connectivity index (χ0v) is 15.7. The molecule has 2 aromatic rings. The fraction of sp³-hybridized carbons (Fsp3) is 0.368. The predicted octanol–water partition coefficient (Wildman–Crippen LogP) is 3.62. The molecule has 0 saturated heterocycles. The van der Waals surface area contributed by atoms with E-state index in [0.29, 0.717) is 25.2 Å². The van der Waals surface area contributed by atoms with E-state index < -0.39 is 0 Å². The topological polar surface area (TPSA) is 61.4 Å². The van der Waals surface area contributed by atoms with Crippen LogP contribution in [-0.4, -0.2) is 29.4 Å². The molecule has 0 spiro atoms. The Kier molecular flexibility index (Phi) is 7.01. The first-order valence-electron chi connectivity index (χ1n) is 8.44. The first-order valence-corrected chi connectivity index (χ1v) is 9.32. The summed E-state index contributed by atoms with van der Waals surface area (Å²) in [7, 11) is 0. The molecule has 134 valence electrons. The van der Waals surface area contributed by atoms with E-state index in [9.17, 15) is 9.59 Å². The molecule has 0 unspecified atom stereocenters. The number of amides is 3. The highest BCUT2D eigenvalue weighted by Crippen LogP contribution is 2.12.